The number of hydrogen-bond donors (Lipinski definition) is 1. The number of likely N-dealkylation sites (N-methyl/N-ethyl adjacent to an activating group) is 1. The smallest absolute Gasteiger partial charge is 0.0328 e. The Bertz CT molecular complexity index is 306. The first kappa shape index (κ1) is 14.7. The summed E-state index contributed by atoms with van der Waals surface area (Å²) in [6.45, 7) is 11.1. The average molecular weight is 254 g/mol. The lowest BCUT2D eigenvalue weighted by atomic mass is 10.0. The third-order valence-corrected chi connectivity index (χ3v) is 4.36. The van der Waals surface area contributed by atoms with Crippen LogP contribution in [0.3, 0.4) is 0 Å². The minimum atomic E-state index is 0.248. The van der Waals surface area contributed by atoms with Gasteiger partial charge in [-0.3, -0.25) is 4.90 Å². The molecule has 0 fully saturated rings. The second-order valence-electron chi connectivity index (χ2n) is 5.46. The number of rotatable bonds is 7. The number of nitrogens with zero attached hydrogens (tertiary/aromatic N) is 1. The fraction of sp³-hybridized carbons (Fsp3) is 0.714. The maximum absolute atomic E-state index is 3.63. The zero-order valence-electron chi connectivity index (χ0n) is 11.8. The standard InChI is InChI=1S/C14H26N2S/c1-6-14(3,4)15-10-12(2)16(5)11-13-8-7-9-17-13/h7-9,12,15H,6,10-11H2,1-5H3. The van der Waals surface area contributed by atoms with Crippen LogP contribution >= 0.6 is 11.3 Å². The quantitative estimate of drug-likeness (QED) is 0.803. The molecule has 0 aliphatic heterocycles. The molecule has 0 amide bonds. The Morgan fingerprint density at radius 1 is 1.47 bits per heavy atom. The van der Waals surface area contributed by atoms with Crippen LogP contribution in [0.4, 0.5) is 0 Å². The Morgan fingerprint density at radius 3 is 2.71 bits per heavy atom. The van der Waals surface area contributed by atoms with Crippen LogP contribution in [0.2, 0.25) is 0 Å². The third kappa shape index (κ3) is 5.19. The van der Waals surface area contributed by atoms with E-state index in [1.165, 1.54) is 4.88 Å². The molecule has 1 heterocycles. The Kier molecular flexibility index (Phi) is 5.63. The molecule has 1 aromatic heterocycles. The molecule has 0 bridgehead atoms. The maximum atomic E-state index is 3.63. The summed E-state index contributed by atoms with van der Waals surface area (Å²) in [5.74, 6) is 0. The lowest BCUT2D eigenvalue weighted by Gasteiger charge is -2.30. The summed E-state index contributed by atoms with van der Waals surface area (Å²) in [5.41, 5.74) is 0.248. The van der Waals surface area contributed by atoms with Crippen molar-refractivity contribution in [3.8, 4) is 0 Å². The van der Waals surface area contributed by atoms with Crippen LogP contribution in [0.1, 0.15) is 39.0 Å². The molecule has 0 saturated carbocycles. The maximum Gasteiger partial charge on any atom is 0.0328 e. The Balaban J connectivity index is 2.34. The monoisotopic (exact) mass is 254 g/mol. The first-order chi connectivity index (χ1) is 7.94. The van der Waals surface area contributed by atoms with Crippen molar-refractivity contribution < 1.29 is 0 Å². The minimum absolute atomic E-state index is 0.248. The molecule has 0 aliphatic rings. The van der Waals surface area contributed by atoms with Gasteiger partial charge in [0, 0.05) is 29.5 Å². The lowest BCUT2D eigenvalue weighted by Crippen LogP contribution is -2.46. The molecule has 3 heteroatoms. The first-order valence-corrected chi connectivity index (χ1v) is 7.30. The highest BCUT2D eigenvalue weighted by atomic mass is 32.1. The highest BCUT2D eigenvalue weighted by Crippen LogP contribution is 2.13. The Morgan fingerprint density at radius 2 is 2.18 bits per heavy atom. The molecule has 0 saturated heterocycles. The van der Waals surface area contributed by atoms with Crippen LogP contribution in [0.25, 0.3) is 0 Å². The Hall–Kier alpha value is -0.380. The summed E-state index contributed by atoms with van der Waals surface area (Å²) < 4.78 is 0. The molecule has 98 valence electrons. The van der Waals surface area contributed by atoms with E-state index in [2.05, 4.69) is 62.5 Å². The average Bonchev–Trinajstić information content (AvgIpc) is 2.78. The molecular formula is C14H26N2S. The molecule has 2 nitrogen and oxygen atoms in total. The van der Waals surface area contributed by atoms with Crippen LogP contribution in [0.15, 0.2) is 17.5 Å². The van der Waals surface area contributed by atoms with Gasteiger partial charge in [-0.15, -0.1) is 11.3 Å². The van der Waals surface area contributed by atoms with Gasteiger partial charge < -0.3 is 5.32 Å². The summed E-state index contributed by atoms with van der Waals surface area (Å²) in [6, 6.07) is 4.89. The van der Waals surface area contributed by atoms with Crippen LogP contribution in [-0.2, 0) is 6.54 Å². The van der Waals surface area contributed by atoms with Crippen molar-refractivity contribution in [2.75, 3.05) is 13.6 Å². The molecular weight excluding hydrogens is 228 g/mol. The van der Waals surface area contributed by atoms with E-state index >= 15 is 0 Å². The van der Waals surface area contributed by atoms with E-state index in [1.54, 1.807) is 0 Å². The van der Waals surface area contributed by atoms with Crippen molar-refractivity contribution >= 4 is 11.3 Å². The fourth-order valence-corrected chi connectivity index (χ4v) is 2.28. The molecule has 1 unspecified atom stereocenters. The molecule has 1 N–H and O–H groups in total. The van der Waals surface area contributed by atoms with E-state index in [0.29, 0.717) is 6.04 Å². The van der Waals surface area contributed by atoms with E-state index in [9.17, 15) is 0 Å². The van der Waals surface area contributed by atoms with E-state index in [1.807, 2.05) is 11.3 Å². The van der Waals surface area contributed by atoms with Gasteiger partial charge in [-0.25, -0.2) is 0 Å². The van der Waals surface area contributed by atoms with Crippen LogP contribution in [0.5, 0.6) is 0 Å². The summed E-state index contributed by atoms with van der Waals surface area (Å²) >= 11 is 1.83. The highest BCUT2D eigenvalue weighted by Gasteiger charge is 2.17. The Labute approximate surface area is 110 Å². The van der Waals surface area contributed by atoms with Gasteiger partial charge in [0.05, 0.1) is 0 Å². The number of nitrogens with one attached hydrogen (secondary N) is 1. The molecule has 0 aliphatic carbocycles. The largest absolute Gasteiger partial charge is 0.310 e. The SMILES string of the molecule is CCC(C)(C)NCC(C)N(C)Cc1cccs1. The summed E-state index contributed by atoms with van der Waals surface area (Å²) in [4.78, 5) is 3.85. The van der Waals surface area contributed by atoms with Gasteiger partial charge in [0.15, 0.2) is 0 Å². The number of thiophene rings is 1. The van der Waals surface area contributed by atoms with Gasteiger partial charge in [0.25, 0.3) is 0 Å². The van der Waals surface area contributed by atoms with E-state index < -0.39 is 0 Å². The minimum Gasteiger partial charge on any atom is -0.310 e. The number of hydrogen-bond acceptors (Lipinski definition) is 3. The predicted octanol–water partition coefficient (Wildman–Crippen LogP) is 3.35. The molecule has 0 radical (unpaired) electrons. The van der Waals surface area contributed by atoms with Crippen molar-refractivity contribution in [2.45, 2.75) is 52.2 Å². The fourth-order valence-electron chi connectivity index (χ4n) is 1.51. The molecule has 17 heavy (non-hydrogen) atoms. The molecule has 1 rings (SSSR count). The van der Waals surface area contributed by atoms with Gasteiger partial charge in [0.1, 0.15) is 0 Å². The third-order valence-electron chi connectivity index (χ3n) is 3.50. The van der Waals surface area contributed by atoms with E-state index in [4.69, 9.17) is 0 Å². The van der Waals surface area contributed by atoms with Crippen LogP contribution in [-0.4, -0.2) is 30.1 Å². The van der Waals surface area contributed by atoms with Crippen LogP contribution < -0.4 is 5.32 Å². The molecule has 1 aromatic rings. The van der Waals surface area contributed by atoms with Gasteiger partial charge in [-0.1, -0.05) is 13.0 Å². The topological polar surface area (TPSA) is 15.3 Å². The first-order valence-electron chi connectivity index (χ1n) is 6.42. The van der Waals surface area contributed by atoms with Crippen LogP contribution in [0, 0.1) is 0 Å². The molecule has 0 spiro atoms. The van der Waals surface area contributed by atoms with Gasteiger partial charge >= 0.3 is 0 Å². The van der Waals surface area contributed by atoms with E-state index in [-0.39, 0.29) is 5.54 Å². The molecule has 0 aromatic carbocycles. The molecule has 1 atom stereocenters. The van der Waals surface area contributed by atoms with Crippen molar-refractivity contribution in [3.63, 3.8) is 0 Å². The second-order valence-corrected chi connectivity index (χ2v) is 6.49. The predicted molar refractivity (Wildman–Crippen MR) is 77.6 cm³/mol. The zero-order valence-corrected chi connectivity index (χ0v) is 12.6. The van der Waals surface area contributed by atoms with Gasteiger partial charge in [-0.05, 0) is 45.7 Å². The summed E-state index contributed by atoms with van der Waals surface area (Å²) in [5, 5.41) is 5.78. The second kappa shape index (κ2) is 6.53. The summed E-state index contributed by atoms with van der Waals surface area (Å²) in [6.07, 6.45) is 1.16. The van der Waals surface area contributed by atoms with Crippen molar-refractivity contribution in [1.29, 1.82) is 0 Å². The highest BCUT2D eigenvalue weighted by molar-refractivity contribution is 7.09. The van der Waals surface area contributed by atoms with E-state index in [0.717, 1.165) is 19.5 Å². The lowest BCUT2D eigenvalue weighted by molar-refractivity contribution is 0.225. The van der Waals surface area contributed by atoms with Crippen molar-refractivity contribution in [1.82, 2.24) is 10.2 Å². The normalized spacial score (nSPS) is 14.2. The van der Waals surface area contributed by atoms with Crippen molar-refractivity contribution in [3.05, 3.63) is 22.4 Å². The van der Waals surface area contributed by atoms with Gasteiger partial charge in [0.2, 0.25) is 0 Å². The van der Waals surface area contributed by atoms with Gasteiger partial charge in [-0.2, -0.15) is 0 Å². The summed E-state index contributed by atoms with van der Waals surface area (Å²) in [7, 11) is 2.20. The zero-order chi connectivity index (χ0) is 12.9. The van der Waals surface area contributed by atoms with Crippen molar-refractivity contribution in [2.24, 2.45) is 0 Å².